The number of nitrogens with zero attached hydrogens (tertiary/aromatic N) is 1. The number of hydrogen-bond acceptors (Lipinski definition) is 9. The second-order valence-electron chi connectivity index (χ2n) is 7.50. The number of rotatable bonds is 9. The average molecular weight is 500 g/mol. The number of nitro groups is 1. The van der Waals surface area contributed by atoms with E-state index in [1.165, 1.54) is 18.2 Å². The van der Waals surface area contributed by atoms with Gasteiger partial charge in [0.15, 0.2) is 11.5 Å². The second-order valence-corrected chi connectivity index (χ2v) is 9.21. The van der Waals surface area contributed by atoms with Crippen LogP contribution in [-0.4, -0.2) is 37.3 Å². The molecule has 0 saturated heterocycles. The molecule has 35 heavy (non-hydrogen) atoms. The third-order valence-corrected chi connectivity index (χ3v) is 6.63. The Hall–Kier alpha value is -4.00. The zero-order chi connectivity index (χ0) is 25.0. The van der Waals surface area contributed by atoms with Crippen molar-refractivity contribution in [2.75, 3.05) is 6.79 Å². The van der Waals surface area contributed by atoms with Gasteiger partial charge in [-0.1, -0.05) is 36.4 Å². The van der Waals surface area contributed by atoms with Crippen LogP contribution in [0.3, 0.4) is 0 Å². The quantitative estimate of drug-likeness (QED) is 0.256. The first-order chi connectivity index (χ1) is 16.7. The summed E-state index contributed by atoms with van der Waals surface area (Å²) in [6.45, 7) is -0.159. The van der Waals surface area contributed by atoms with Gasteiger partial charge in [-0.25, -0.2) is 8.42 Å². The molecule has 0 fully saturated rings. The van der Waals surface area contributed by atoms with Gasteiger partial charge in [0, 0.05) is 12.1 Å². The van der Waals surface area contributed by atoms with E-state index in [4.69, 9.17) is 14.2 Å². The van der Waals surface area contributed by atoms with Gasteiger partial charge < -0.3 is 19.3 Å². The van der Waals surface area contributed by atoms with Crippen molar-refractivity contribution in [2.24, 2.45) is 0 Å². The minimum Gasteiger partial charge on any atom is -0.460 e. The second kappa shape index (κ2) is 10.1. The lowest BCUT2D eigenvalue weighted by atomic mass is 10.0. The number of nitrogens with one attached hydrogen (secondary N) is 1. The van der Waals surface area contributed by atoms with E-state index in [9.17, 15) is 28.4 Å². The van der Waals surface area contributed by atoms with Gasteiger partial charge in [-0.05, 0) is 35.4 Å². The fourth-order valence-corrected chi connectivity index (χ4v) is 4.52. The van der Waals surface area contributed by atoms with Crippen LogP contribution in [-0.2, 0) is 26.2 Å². The molecule has 11 nitrogen and oxygen atoms in total. The standard InChI is InChI=1S/C23H20N2O9S/c26-22(16-6-11-19-20(12-16)34-14-33-19)21(23(27)32-13-15-4-2-1-3-5-15)24-35(30,31)18-9-7-17(8-10-18)25(28)29/h1-12,21-22,24,26H,13-14H2. The summed E-state index contributed by atoms with van der Waals surface area (Å²) < 4.78 is 43.9. The minimum atomic E-state index is -4.38. The van der Waals surface area contributed by atoms with Crippen LogP contribution < -0.4 is 14.2 Å². The summed E-state index contributed by atoms with van der Waals surface area (Å²) in [7, 11) is -4.38. The van der Waals surface area contributed by atoms with Crippen molar-refractivity contribution in [3.63, 3.8) is 0 Å². The van der Waals surface area contributed by atoms with E-state index in [0.29, 0.717) is 17.1 Å². The Morgan fingerprint density at radius 3 is 2.43 bits per heavy atom. The molecule has 2 unspecified atom stereocenters. The Morgan fingerprint density at radius 1 is 1.06 bits per heavy atom. The van der Waals surface area contributed by atoms with E-state index in [1.807, 2.05) is 0 Å². The fraction of sp³-hybridized carbons (Fsp3) is 0.174. The lowest BCUT2D eigenvalue weighted by Gasteiger charge is -2.23. The number of carbonyl (C=O) groups excluding carboxylic acids is 1. The van der Waals surface area contributed by atoms with Crippen LogP contribution >= 0.6 is 0 Å². The number of carbonyl (C=O) groups is 1. The summed E-state index contributed by atoms with van der Waals surface area (Å²) in [4.78, 5) is 22.8. The van der Waals surface area contributed by atoms with Crippen LogP contribution in [0.4, 0.5) is 5.69 Å². The molecule has 0 saturated carbocycles. The maximum Gasteiger partial charge on any atom is 0.327 e. The van der Waals surface area contributed by atoms with Gasteiger partial charge in [-0.2, -0.15) is 4.72 Å². The van der Waals surface area contributed by atoms with Crippen LogP contribution in [0.2, 0.25) is 0 Å². The molecule has 0 aliphatic carbocycles. The summed E-state index contributed by atoms with van der Waals surface area (Å²) >= 11 is 0. The van der Waals surface area contributed by atoms with Crippen molar-refractivity contribution in [3.8, 4) is 11.5 Å². The van der Waals surface area contributed by atoms with Crippen LogP contribution in [0, 0.1) is 10.1 Å². The normalized spacial score (nSPS) is 14.2. The van der Waals surface area contributed by atoms with Gasteiger partial charge in [-0.3, -0.25) is 14.9 Å². The molecular weight excluding hydrogens is 480 g/mol. The number of sulfonamides is 1. The Morgan fingerprint density at radius 2 is 1.74 bits per heavy atom. The zero-order valence-electron chi connectivity index (χ0n) is 18.1. The molecule has 0 amide bonds. The van der Waals surface area contributed by atoms with E-state index in [-0.39, 0.29) is 29.5 Å². The summed E-state index contributed by atoms with van der Waals surface area (Å²) in [6.07, 6.45) is -1.65. The topological polar surface area (TPSA) is 154 Å². The van der Waals surface area contributed by atoms with Gasteiger partial charge >= 0.3 is 5.97 Å². The highest BCUT2D eigenvalue weighted by Crippen LogP contribution is 2.35. The molecule has 2 atom stereocenters. The van der Waals surface area contributed by atoms with Crippen LogP contribution in [0.15, 0.2) is 77.7 Å². The molecule has 1 aliphatic heterocycles. The first-order valence-corrected chi connectivity index (χ1v) is 11.8. The summed E-state index contributed by atoms with van der Waals surface area (Å²) in [5, 5.41) is 21.9. The lowest BCUT2D eigenvalue weighted by molar-refractivity contribution is -0.384. The average Bonchev–Trinajstić information content (AvgIpc) is 3.34. The Labute approximate surface area is 200 Å². The first-order valence-electron chi connectivity index (χ1n) is 10.3. The molecular formula is C23H20N2O9S. The minimum absolute atomic E-state index is 0.00972. The first kappa shape index (κ1) is 24.1. The van der Waals surface area contributed by atoms with E-state index in [1.54, 1.807) is 30.3 Å². The Bertz CT molecular complexity index is 1330. The lowest BCUT2D eigenvalue weighted by Crippen LogP contribution is -2.45. The van der Waals surface area contributed by atoms with E-state index < -0.39 is 33.1 Å². The highest BCUT2D eigenvalue weighted by molar-refractivity contribution is 7.89. The van der Waals surface area contributed by atoms with E-state index in [0.717, 1.165) is 24.3 Å². The molecule has 4 rings (SSSR count). The molecule has 3 aromatic rings. The highest BCUT2D eigenvalue weighted by Gasteiger charge is 2.35. The summed E-state index contributed by atoms with van der Waals surface area (Å²) in [5.41, 5.74) is 0.542. The highest BCUT2D eigenvalue weighted by atomic mass is 32.2. The third-order valence-electron chi connectivity index (χ3n) is 5.17. The van der Waals surface area contributed by atoms with Gasteiger partial charge in [0.05, 0.1) is 9.82 Å². The van der Waals surface area contributed by atoms with Crippen molar-refractivity contribution < 1.29 is 37.5 Å². The molecule has 1 heterocycles. The maximum atomic E-state index is 13.0. The third kappa shape index (κ3) is 5.57. The maximum absolute atomic E-state index is 13.0. The SMILES string of the molecule is O=C(OCc1ccccc1)C(NS(=O)(=O)c1ccc([N+](=O)[O-])cc1)C(O)c1ccc2c(c1)OCO2. The molecule has 0 radical (unpaired) electrons. The predicted octanol–water partition coefficient (Wildman–Crippen LogP) is 2.45. The Kier molecular flexibility index (Phi) is 6.96. The predicted molar refractivity (Wildman–Crippen MR) is 121 cm³/mol. The van der Waals surface area contributed by atoms with Crippen molar-refractivity contribution in [2.45, 2.75) is 23.6 Å². The fourth-order valence-electron chi connectivity index (χ4n) is 3.33. The Balaban J connectivity index is 1.60. The van der Waals surface area contributed by atoms with Crippen LogP contribution in [0.5, 0.6) is 11.5 Å². The van der Waals surface area contributed by atoms with Crippen molar-refractivity contribution >= 4 is 21.7 Å². The summed E-state index contributed by atoms with van der Waals surface area (Å²) in [6, 6.07) is 15.5. The summed E-state index contributed by atoms with van der Waals surface area (Å²) in [5.74, 6) is -0.253. The van der Waals surface area contributed by atoms with E-state index >= 15 is 0 Å². The largest absolute Gasteiger partial charge is 0.460 e. The number of ether oxygens (including phenoxy) is 3. The van der Waals surface area contributed by atoms with Crippen molar-refractivity contribution in [3.05, 3.63) is 94.0 Å². The number of aliphatic hydroxyl groups is 1. The zero-order valence-corrected chi connectivity index (χ0v) is 18.9. The number of benzene rings is 3. The number of non-ortho nitro benzene ring substituents is 1. The molecule has 1 aliphatic rings. The van der Waals surface area contributed by atoms with Crippen LogP contribution in [0.1, 0.15) is 17.2 Å². The number of hydrogen-bond donors (Lipinski definition) is 2. The van der Waals surface area contributed by atoms with Gasteiger partial charge in [0.1, 0.15) is 18.8 Å². The monoisotopic (exact) mass is 500 g/mol. The molecule has 3 aromatic carbocycles. The van der Waals surface area contributed by atoms with Gasteiger partial charge in [-0.15, -0.1) is 0 Å². The van der Waals surface area contributed by atoms with Crippen molar-refractivity contribution in [1.29, 1.82) is 0 Å². The number of aliphatic hydroxyl groups excluding tert-OH is 1. The molecule has 0 spiro atoms. The molecule has 12 heteroatoms. The smallest absolute Gasteiger partial charge is 0.327 e. The number of esters is 1. The molecule has 2 N–H and O–H groups in total. The van der Waals surface area contributed by atoms with Gasteiger partial charge in [0.25, 0.3) is 5.69 Å². The molecule has 0 bridgehead atoms. The number of fused-ring (bicyclic) bond motifs is 1. The number of nitro benzene ring substituents is 1. The molecule has 0 aromatic heterocycles. The van der Waals surface area contributed by atoms with Crippen molar-refractivity contribution in [1.82, 2.24) is 4.72 Å². The van der Waals surface area contributed by atoms with E-state index in [2.05, 4.69) is 4.72 Å². The van der Waals surface area contributed by atoms with Gasteiger partial charge in [0.2, 0.25) is 16.8 Å². The molecule has 182 valence electrons. The van der Waals surface area contributed by atoms with Crippen LogP contribution in [0.25, 0.3) is 0 Å².